The number of nitrogens with zero attached hydrogens (tertiary/aromatic N) is 1. The first-order valence-corrected chi connectivity index (χ1v) is 9.44. The largest absolute Gasteiger partial charge is 0.497 e. The number of aromatic carboxylic acids is 1. The highest BCUT2D eigenvalue weighted by Gasteiger charge is 2.32. The molecule has 26 heavy (non-hydrogen) atoms. The fourth-order valence-corrected chi connectivity index (χ4v) is 3.66. The van der Waals surface area contributed by atoms with Gasteiger partial charge < -0.3 is 14.7 Å². The van der Waals surface area contributed by atoms with Crippen LogP contribution >= 0.6 is 11.8 Å². The third kappa shape index (κ3) is 4.58. The maximum absolute atomic E-state index is 12.7. The molecular weight excluding hydrogens is 350 g/mol. The standard InChI is InChI=1S/C20H21NO4S/c1-25-16-10-6-14(7-11-16)12-21(15-8-9-15)19(22)13-26-18-5-3-2-4-17(18)20(23)24/h2-7,10-11,15H,8-9,12-13H2,1H3,(H,23,24). The molecule has 3 rings (SSSR count). The Bertz CT molecular complexity index is 787. The van der Waals surface area contributed by atoms with Gasteiger partial charge in [0.2, 0.25) is 5.91 Å². The van der Waals surface area contributed by atoms with Crippen LogP contribution in [0.2, 0.25) is 0 Å². The van der Waals surface area contributed by atoms with E-state index in [1.807, 2.05) is 29.2 Å². The average Bonchev–Trinajstić information content (AvgIpc) is 3.50. The molecule has 1 saturated carbocycles. The van der Waals surface area contributed by atoms with Gasteiger partial charge in [-0.15, -0.1) is 11.8 Å². The van der Waals surface area contributed by atoms with Crippen molar-refractivity contribution in [3.05, 3.63) is 59.7 Å². The molecule has 5 nitrogen and oxygen atoms in total. The molecule has 6 heteroatoms. The number of carbonyl (C=O) groups is 2. The Labute approximate surface area is 157 Å². The lowest BCUT2D eigenvalue weighted by Gasteiger charge is -2.22. The average molecular weight is 371 g/mol. The number of carbonyl (C=O) groups excluding carboxylic acids is 1. The lowest BCUT2D eigenvalue weighted by atomic mass is 10.2. The van der Waals surface area contributed by atoms with Crippen LogP contribution in [-0.2, 0) is 11.3 Å². The summed E-state index contributed by atoms with van der Waals surface area (Å²) in [5, 5.41) is 9.26. The lowest BCUT2D eigenvalue weighted by Crippen LogP contribution is -2.34. The van der Waals surface area contributed by atoms with E-state index in [2.05, 4.69) is 0 Å². The van der Waals surface area contributed by atoms with E-state index >= 15 is 0 Å². The summed E-state index contributed by atoms with van der Waals surface area (Å²) in [5.41, 5.74) is 1.29. The van der Waals surface area contributed by atoms with Crippen molar-refractivity contribution in [1.29, 1.82) is 0 Å². The van der Waals surface area contributed by atoms with Crippen LogP contribution in [0.1, 0.15) is 28.8 Å². The van der Waals surface area contributed by atoms with Gasteiger partial charge in [-0.2, -0.15) is 0 Å². The van der Waals surface area contributed by atoms with E-state index in [9.17, 15) is 14.7 Å². The van der Waals surface area contributed by atoms with Gasteiger partial charge in [-0.1, -0.05) is 24.3 Å². The molecule has 1 amide bonds. The first kappa shape index (κ1) is 18.3. The SMILES string of the molecule is COc1ccc(CN(C(=O)CSc2ccccc2C(=O)O)C2CC2)cc1. The molecule has 1 N–H and O–H groups in total. The number of thioether (sulfide) groups is 1. The van der Waals surface area contributed by atoms with Crippen molar-refractivity contribution in [2.24, 2.45) is 0 Å². The van der Waals surface area contributed by atoms with Crippen LogP contribution in [0.5, 0.6) is 5.75 Å². The molecule has 1 fully saturated rings. The predicted molar refractivity (Wildman–Crippen MR) is 101 cm³/mol. The zero-order valence-corrected chi connectivity index (χ0v) is 15.4. The van der Waals surface area contributed by atoms with Gasteiger partial charge in [0.05, 0.1) is 18.4 Å². The highest BCUT2D eigenvalue weighted by molar-refractivity contribution is 8.00. The Morgan fingerprint density at radius 1 is 1.15 bits per heavy atom. The summed E-state index contributed by atoms with van der Waals surface area (Å²) in [6.07, 6.45) is 2.05. The molecule has 0 atom stereocenters. The number of hydrogen-bond donors (Lipinski definition) is 1. The van der Waals surface area contributed by atoms with Crippen molar-refractivity contribution in [1.82, 2.24) is 4.90 Å². The maximum Gasteiger partial charge on any atom is 0.336 e. The van der Waals surface area contributed by atoms with Gasteiger partial charge in [-0.25, -0.2) is 4.79 Å². The molecule has 0 bridgehead atoms. The summed E-state index contributed by atoms with van der Waals surface area (Å²) in [6.45, 7) is 0.564. The minimum atomic E-state index is -0.974. The van der Waals surface area contributed by atoms with Crippen LogP contribution in [0.25, 0.3) is 0 Å². The fourth-order valence-electron chi connectivity index (χ4n) is 2.73. The summed E-state index contributed by atoms with van der Waals surface area (Å²) in [5.74, 6) is 0.0851. The first-order valence-electron chi connectivity index (χ1n) is 8.46. The highest BCUT2D eigenvalue weighted by Crippen LogP contribution is 2.30. The third-order valence-corrected chi connectivity index (χ3v) is 5.35. The quantitative estimate of drug-likeness (QED) is 0.717. The molecule has 0 aromatic heterocycles. The molecule has 0 unspecified atom stereocenters. The summed E-state index contributed by atoms with van der Waals surface area (Å²) in [4.78, 5) is 26.6. The first-order chi connectivity index (χ1) is 12.6. The Kier molecular flexibility index (Phi) is 5.83. The van der Waals surface area contributed by atoms with E-state index < -0.39 is 5.97 Å². The Hall–Kier alpha value is -2.47. The number of ether oxygens (including phenoxy) is 1. The molecule has 1 aliphatic carbocycles. The zero-order chi connectivity index (χ0) is 18.5. The maximum atomic E-state index is 12.7. The van der Waals surface area contributed by atoms with Gasteiger partial charge in [0, 0.05) is 17.5 Å². The van der Waals surface area contributed by atoms with E-state index in [4.69, 9.17) is 4.74 Å². The minimum absolute atomic E-state index is 0.0357. The smallest absolute Gasteiger partial charge is 0.336 e. The zero-order valence-electron chi connectivity index (χ0n) is 14.6. The van der Waals surface area contributed by atoms with Crippen molar-refractivity contribution in [3.63, 3.8) is 0 Å². The van der Waals surface area contributed by atoms with E-state index in [-0.39, 0.29) is 17.2 Å². The normalized spacial score (nSPS) is 13.3. The molecule has 2 aromatic carbocycles. The minimum Gasteiger partial charge on any atom is -0.497 e. The molecular formula is C20H21NO4S. The molecule has 136 valence electrons. The van der Waals surface area contributed by atoms with Crippen LogP contribution in [0.4, 0.5) is 0 Å². The van der Waals surface area contributed by atoms with Crippen LogP contribution in [0, 0.1) is 0 Å². The third-order valence-electron chi connectivity index (χ3n) is 4.29. The number of benzene rings is 2. The van der Waals surface area contributed by atoms with E-state index in [1.54, 1.807) is 31.4 Å². The second-order valence-corrected chi connectivity index (χ2v) is 7.21. The molecule has 0 radical (unpaired) electrons. The Balaban J connectivity index is 1.65. The van der Waals surface area contributed by atoms with Gasteiger partial charge in [0.15, 0.2) is 0 Å². The summed E-state index contributed by atoms with van der Waals surface area (Å²) in [6, 6.07) is 14.8. The van der Waals surface area contributed by atoms with Crippen molar-refractivity contribution in [2.45, 2.75) is 30.3 Å². The van der Waals surface area contributed by atoms with Crippen LogP contribution in [0.3, 0.4) is 0 Å². The lowest BCUT2D eigenvalue weighted by molar-refractivity contribution is -0.129. The van der Waals surface area contributed by atoms with Gasteiger partial charge in [-0.3, -0.25) is 4.79 Å². The molecule has 0 spiro atoms. The topological polar surface area (TPSA) is 66.8 Å². The number of methoxy groups -OCH3 is 1. The van der Waals surface area contributed by atoms with E-state index in [0.717, 1.165) is 24.2 Å². The Morgan fingerprint density at radius 2 is 1.85 bits per heavy atom. The predicted octanol–water partition coefficient (Wildman–Crippen LogP) is 3.68. The van der Waals surface area contributed by atoms with Crippen molar-refractivity contribution < 1.29 is 19.4 Å². The van der Waals surface area contributed by atoms with Crippen molar-refractivity contribution >= 4 is 23.6 Å². The summed E-state index contributed by atoms with van der Waals surface area (Å²) in [7, 11) is 1.63. The fraction of sp³-hybridized carbons (Fsp3) is 0.300. The number of carboxylic acid groups (broad SMARTS) is 1. The van der Waals surface area contributed by atoms with Crippen LogP contribution < -0.4 is 4.74 Å². The van der Waals surface area contributed by atoms with Crippen LogP contribution in [-0.4, -0.2) is 40.8 Å². The second-order valence-electron chi connectivity index (χ2n) is 6.19. The summed E-state index contributed by atoms with van der Waals surface area (Å²) < 4.78 is 5.17. The number of hydrogen-bond acceptors (Lipinski definition) is 4. The molecule has 0 heterocycles. The highest BCUT2D eigenvalue weighted by atomic mass is 32.2. The van der Waals surface area contributed by atoms with Gasteiger partial charge in [0.1, 0.15) is 5.75 Å². The molecule has 0 saturated heterocycles. The number of amides is 1. The van der Waals surface area contributed by atoms with Crippen molar-refractivity contribution in [2.75, 3.05) is 12.9 Å². The van der Waals surface area contributed by atoms with E-state index in [1.165, 1.54) is 11.8 Å². The molecule has 2 aromatic rings. The molecule has 0 aliphatic heterocycles. The number of carboxylic acids is 1. The van der Waals surface area contributed by atoms with Gasteiger partial charge >= 0.3 is 5.97 Å². The van der Waals surface area contributed by atoms with E-state index in [0.29, 0.717) is 17.5 Å². The Morgan fingerprint density at radius 3 is 2.46 bits per heavy atom. The monoisotopic (exact) mass is 371 g/mol. The number of rotatable bonds is 8. The second kappa shape index (κ2) is 8.27. The van der Waals surface area contributed by atoms with Gasteiger partial charge in [0.25, 0.3) is 0 Å². The van der Waals surface area contributed by atoms with Crippen LogP contribution in [0.15, 0.2) is 53.4 Å². The summed E-state index contributed by atoms with van der Waals surface area (Å²) >= 11 is 1.28. The van der Waals surface area contributed by atoms with Crippen molar-refractivity contribution in [3.8, 4) is 5.75 Å². The van der Waals surface area contributed by atoms with Gasteiger partial charge in [-0.05, 0) is 42.7 Å². The molecule has 1 aliphatic rings.